The van der Waals surface area contributed by atoms with Crippen LogP contribution in [0, 0.1) is 35.3 Å². The molecule has 2 fully saturated rings. The third-order valence-electron chi connectivity index (χ3n) is 9.70. The van der Waals surface area contributed by atoms with Crippen LogP contribution < -0.4 is 0 Å². The third-order valence-corrected chi connectivity index (χ3v) is 9.70. The summed E-state index contributed by atoms with van der Waals surface area (Å²) in [4.78, 5) is 14.5. The lowest BCUT2D eigenvalue weighted by Gasteiger charge is -2.34. The van der Waals surface area contributed by atoms with Crippen LogP contribution in [0.3, 0.4) is 0 Å². The van der Waals surface area contributed by atoms with E-state index in [0.717, 1.165) is 35.8 Å². The molecule has 0 amide bonds. The van der Waals surface area contributed by atoms with Gasteiger partial charge in [0.2, 0.25) is 0 Å². The minimum Gasteiger partial charge on any atom is -0.298 e. The van der Waals surface area contributed by atoms with Crippen LogP contribution in [-0.4, -0.2) is 5.78 Å². The van der Waals surface area contributed by atoms with Gasteiger partial charge in [0.1, 0.15) is 17.4 Å². The number of ketones is 1. The SMILES string of the molecule is CCC[C@H]1CC[C@H](CC(C(=O)C(C[C@H]2CC[C@H](CCC)CC2)c2ccc(F)cc2)c2ccc(F)cc2)CC1. The summed E-state index contributed by atoms with van der Waals surface area (Å²) >= 11 is 0. The van der Waals surface area contributed by atoms with Gasteiger partial charge in [-0.2, -0.15) is 0 Å². The molecule has 2 aliphatic rings. The van der Waals surface area contributed by atoms with E-state index in [9.17, 15) is 13.6 Å². The lowest BCUT2D eigenvalue weighted by atomic mass is 9.70. The molecule has 0 aromatic heterocycles. The molecule has 2 atom stereocenters. The van der Waals surface area contributed by atoms with Gasteiger partial charge in [0.15, 0.2) is 0 Å². The number of rotatable bonds is 12. The molecule has 38 heavy (non-hydrogen) atoms. The summed E-state index contributed by atoms with van der Waals surface area (Å²) in [5.74, 6) is 1.94. The average Bonchev–Trinajstić information content (AvgIpc) is 2.93. The molecule has 0 radical (unpaired) electrons. The molecule has 0 N–H and O–H groups in total. The van der Waals surface area contributed by atoms with Gasteiger partial charge < -0.3 is 0 Å². The topological polar surface area (TPSA) is 17.1 Å². The Morgan fingerprint density at radius 1 is 0.605 bits per heavy atom. The Morgan fingerprint density at radius 2 is 0.921 bits per heavy atom. The first-order valence-electron chi connectivity index (χ1n) is 15.5. The van der Waals surface area contributed by atoms with E-state index in [1.165, 1.54) is 101 Å². The van der Waals surface area contributed by atoms with Crippen molar-refractivity contribution < 1.29 is 13.6 Å². The first-order chi connectivity index (χ1) is 18.5. The Hall–Kier alpha value is -2.03. The van der Waals surface area contributed by atoms with Crippen molar-refractivity contribution in [3.8, 4) is 0 Å². The Labute approximate surface area is 229 Å². The Balaban J connectivity index is 1.56. The molecule has 0 saturated heterocycles. The van der Waals surface area contributed by atoms with Gasteiger partial charge in [-0.15, -0.1) is 0 Å². The van der Waals surface area contributed by atoms with Crippen molar-refractivity contribution in [3.63, 3.8) is 0 Å². The average molecular weight is 523 g/mol. The second-order valence-electron chi connectivity index (χ2n) is 12.4. The van der Waals surface area contributed by atoms with Crippen LogP contribution in [0.15, 0.2) is 48.5 Å². The van der Waals surface area contributed by atoms with Crippen LogP contribution >= 0.6 is 0 Å². The fourth-order valence-corrected chi connectivity index (χ4v) is 7.46. The molecule has 2 unspecified atom stereocenters. The van der Waals surface area contributed by atoms with E-state index < -0.39 is 0 Å². The maximum atomic E-state index is 14.5. The van der Waals surface area contributed by atoms with Crippen molar-refractivity contribution in [2.24, 2.45) is 23.7 Å². The van der Waals surface area contributed by atoms with Crippen LogP contribution in [0.4, 0.5) is 8.78 Å². The summed E-state index contributed by atoms with van der Waals surface area (Å²) < 4.78 is 27.7. The van der Waals surface area contributed by atoms with Crippen molar-refractivity contribution in [2.75, 3.05) is 0 Å². The molecule has 0 heterocycles. The number of benzene rings is 2. The van der Waals surface area contributed by atoms with Gasteiger partial charge in [0, 0.05) is 11.8 Å². The first-order valence-corrected chi connectivity index (χ1v) is 15.5. The molecule has 2 aromatic rings. The van der Waals surface area contributed by atoms with Crippen LogP contribution in [0.25, 0.3) is 0 Å². The van der Waals surface area contributed by atoms with Gasteiger partial charge in [-0.1, -0.05) is 115 Å². The van der Waals surface area contributed by atoms with E-state index in [1.807, 2.05) is 24.3 Å². The van der Waals surface area contributed by atoms with Gasteiger partial charge in [0.25, 0.3) is 0 Å². The van der Waals surface area contributed by atoms with E-state index in [4.69, 9.17) is 0 Å². The molecule has 0 bridgehead atoms. The normalized spacial score (nSPS) is 25.6. The highest BCUT2D eigenvalue weighted by Gasteiger charge is 2.35. The summed E-state index contributed by atoms with van der Waals surface area (Å²) in [5.41, 5.74) is 1.87. The smallest absolute Gasteiger partial charge is 0.147 e. The van der Waals surface area contributed by atoms with Gasteiger partial charge in [0.05, 0.1) is 0 Å². The molecule has 4 rings (SSSR count). The lowest BCUT2D eigenvalue weighted by Crippen LogP contribution is -2.27. The molecule has 2 saturated carbocycles. The molecule has 2 aliphatic carbocycles. The van der Waals surface area contributed by atoms with Crippen molar-refractivity contribution in [2.45, 2.75) is 116 Å². The monoisotopic (exact) mass is 522 g/mol. The quantitative estimate of drug-likeness (QED) is 0.271. The number of carbonyl (C=O) groups is 1. The molecule has 3 heteroatoms. The number of halogens is 2. The van der Waals surface area contributed by atoms with Crippen molar-refractivity contribution in [3.05, 3.63) is 71.3 Å². The predicted octanol–water partition coefficient (Wildman–Crippen LogP) is 10.4. The summed E-state index contributed by atoms with van der Waals surface area (Å²) in [7, 11) is 0. The van der Waals surface area contributed by atoms with Gasteiger partial charge in [-0.25, -0.2) is 8.78 Å². The fourth-order valence-electron chi connectivity index (χ4n) is 7.46. The van der Waals surface area contributed by atoms with Crippen molar-refractivity contribution in [1.82, 2.24) is 0 Å². The molecule has 208 valence electrons. The van der Waals surface area contributed by atoms with Crippen LogP contribution in [0.2, 0.25) is 0 Å². The van der Waals surface area contributed by atoms with Crippen molar-refractivity contribution in [1.29, 1.82) is 0 Å². The zero-order valence-corrected chi connectivity index (χ0v) is 23.6. The van der Waals surface area contributed by atoms with Gasteiger partial charge in [-0.3, -0.25) is 4.79 Å². The molecule has 1 nitrogen and oxygen atoms in total. The van der Waals surface area contributed by atoms with Crippen molar-refractivity contribution >= 4 is 5.78 Å². The fraction of sp³-hybridized carbons (Fsp3) is 0.629. The van der Waals surface area contributed by atoms with E-state index in [0.29, 0.717) is 11.8 Å². The summed E-state index contributed by atoms with van der Waals surface area (Å²) in [6, 6.07) is 13.3. The van der Waals surface area contributed by atoms with E-state index in [-0.39, 0.29) is 29.3 Å². The number of carbonyl (C=O) groups excluding carboxylic acids is 1. The second-order valence-corrected chi connectivity index (χ2v) is 12.4. The minimum atomic E-state index is -0.265. The zero-order valence-electron chi connectivity index (χ0n) is 23.6. The van der Waals surface area contributed by atoms with E-state index >= 15 is 0 Å². The molecular formula is C35H48F2O. The Bertz CT molecular complexity index is 886. The second kappa shape index (κ2) is 14.4. The predicted molar refractivity (Wildman–Crippen MR) is 153 cm³/mol. The van der Waals surface area contributed by atoms with Crippen LogP contribution in [0.5, 0.6) is 0 Å². The standard InChI is InChI=1S/C35H48F2O/c1-3-5-25-7-11-27(12-8-25)23-33(29-15-19-31(36)20-16-29)35(38)34(30-17-21-32(37)22-18-30)24-28-13-9-26(6-4-2)10-14-28/h15-22,25-28,33-34H,3-14,23-24H2,1-2H3/t25-,26-,27-,28-,33?,34?. The minimum absolute atomic E-state index is 0.241. The summed E-state index contributed by atoms with van der Waals surface area (Å²) in [6.45, 7) is 4.53. The van der Waals surface area contributed by atoms with E-state index in [1.54, 1.807) is 0 Å². The highest BCUT2D eigenvalue weighted by Crippen LogP contribution is 2.42. The maximum Gasteiger partial charge on any atom is 0.147 e. The third kappa shape index (κ3) is 7.99. The number of hydrogen-bond donors (Lipinski definition) is 0. The lowest BCUT2D eigenvalue weighted by molar-refractivity contribution is -0.123. The summed E-state index contributed by atoms with van der Waals surface area (Å²) in [5, 5.41) is 0. The number of hydrogen-bond acceptors (Lipinski definition) is 1. The highest BCUT2D eigenvalue weighted by atomic mass is 19.1. The Morgan fingerprint density at radius 3 is 1.24 bits per heavy atom. The van der Waals surface area contributed by atoms with E-state index in [2.05, 4.69) is 13.8 Å². The zero-order chi connectivity index (χ0) is 26.9. The molecule has 0 spiro atoms. The number of Topliss-reactive ketones (excluding diaryl/α,β-unsaturated/α-hetero) is 1. The Kier molecular flexibility index (Phi) is 11.0. The van der Waals surface area contributed by atoms with Gasteiger partial charge >= 0.3 is 0 Å². The first kappa shape index (κ1) is 29.0. The van der Waals surface area contributed by atoms with Crippen LogP contribution in [0.1, 0.15) is 127 Å². The summed E-state index contributed by atoms with van der Waals surface area (Å²) in [6.07, 6.45) is 16.5. The molecule has 0 aliphatic heterocycles. The molecular weight excluding hydrogens is 474 g/mol. The van der Waals surface area contributed by atoms with Crippen LogP contribution in [-0.2, 0) is 4.79 Å². The largest absolute Gasteiger partial charge is 0.298 e. The molecule has 2 aromatic carbocycles. The maximum absolute atomic E-state index is 14.5. The van der Waals surface area contributed by atoms with Gasteiger partial charge in [-0.05, 0) is 71.9 Å². The highest BCUT2D eigenvalue weighted by molar-refractivity contribution is 5.91.